The van der Waals surface area contributed by atoms with Gasteiger partial charge in [-0.3, -0.25) is 9.59 Å². The van der Waals surface area contributed by atoms with Crippen molar-refractivity contribution in [3.8, 4) is 0 Å². The Morgan fingerprint density at radius 1 is 1.46 bits per heavy atom. The fraction of sp³-hybridized carbons (Fsp3) is 0.778. The third kappa shape index (κ3) is 6.63. The molecule has 0 aliphatic heterocycles. The van der Waals surface area contributed by atoms with Crippen LogP contribution in [0.4, 0.5) is 0 Å². The molecular weight excluding hydrogens is 188 g/mol. The van der Waals surface area contributed by atoms with Gasteiger partial charge in [0.15, 0.2) is 5.12 Å². The molecule has 0 aromatic heterocycles. The maximum absolute atomic E-state index is 10.7. The lowest BCUT2D eigenvalue weighted by atomic mass is 10.1. The third-order valence-electron chi connectivity index (χ3n) is 1.74. The Balaban J connectivity index is 3.80. The number of hydrogen-bond donors (Lipinski definition) is 1. The van der Waals surface area contributed by atoms with Gasteiger partial charge in [-0.15, -0.1) is 0 Å². The molecule has 1 atom stereocenters. The van der Waals surface area contributed by atoms with Crippen LogP contribution >= 0.6 is 11.8 Å². The minimum atomic E-state index is -0.790. The third-order valence-corrected chi connectivity index (χ3v) is 2.72. The van der Waals surface area contributed by atoms with E-state index in [0.29, 0.717) is 12.2 Å². The second-order valence-electron chi connectivity index (χ2n) is 2.98. The first-order valence-corrected chi connectivity index (χ1v) is 5.42. The van der Waals surface area contributed by atoms with E-state index in [4.69, 9.17) is 5.11 Å². The second kappa shape index (κ2) is 6.95. The summed E-state index contributed by atoms with van der Waals surface area (Å²) in [5.41, 5.74) is 0. The molecule has 0 heterocycles. The molecule has 0 spiro atoms. The van der Waals surface area contributed by atoms with Crippen molar-refractivity contribution in [3.63, 3.8) is 0 Å². The van der Waals surface area contributed by atoms with E-state index in [1.165, 1.54) is 6.92 Å². The zero-order valence-electron chi connectivity index (χ0n) is 8.08. The molecule has 0 aliphatic carbocycles. The van der Waals surface area contributed by atoms with Crippen LogP contribution in [0.1, 0.15) is 33.1 Å². The predicted octanol–water partition coefficient (Wildman–Crippen LogP) is 2.16. The minimum absolute atomic E-state index is 0.0113. The molecule has 1 N–H and O–H groups in total. The molecule has 4 heteroatoms. The van der Waals surface area contributed by atoms with Gasteiger partial charge in [0.1, 0.15) is 0 Å². The van der Waals surface area contributed by atoms with Crippen molar-refractivity contribution in [2.45, 2.75) is 33.1 Å². The summed E-state index contributed by atoms with van der Waals surface area (Å²) in [6.45, 7) is 3.49. The van der Waals surface area contributed by atoms with E-state index in [0.717, 1.165) is 24.6 Å². The molecule has 0 radical (unpaired) electrons. The summed E-state index contributed by atoms with van der Waals surface area (Å²) >= 11 is 1.10. The van der Waals surface area contributed by atoms with Gasteiger partial charge in [0.25, 0.3) is 0 Å². The van der Waals surface area contributed by atoms with Crippen molar-refractivity contribution < 1.29 is 14.7 Å². The first-order valence-electron chi connectivity index (χ1n) is 4.44. The van der Waals surface area contributed by atoms with E-state index >= 15 is 0 Å². The van der Waals surface area contributed by atoms with Crippen LogP contribution in [0.2, 0.25) is 0 Å². The summed E-state index contributed by atoms with van der Waals surface area (Å²) in [4.78, 5) is 21.3. The Bertz CT molecular complexity index is 180. The van der Waals surface area contributed by atoms with Crippen LogP contribution in [0, 0.1) is 5.92 Å². The van der Waals surface area contributed by atoms with E-state index in [1.54, 1.807) is 0 Å². The number of carbonyl (C=O) groups excluding carboxylic acids is 1. The normalized spacial score (nSPS) is 12.5. The molecule has 0 amide bonds. The molecule has 0 bridgehead atoms. The number of thioether (sulfide) groups is 1. The summed E-state index contributed by atoms with van der Waals surface area (Å²) in [7, 11) is 0. The van der Waals surface area contributed by atoms with Crippen LogP contribution in [0.3, 0.4) is 0 Å². The highest BCUT2D eigenvalue weighted by Gasteiger charge is 2.17. The summed E-state index contributed by atoms with van der Waals surface area (Å²) in [6.07, 6.45) is 2.58. The maximum atomic E-state index is 10.7. The van der Waals surface area contributed by atoms with Crippen LogP contribution in [0.25, 0.3) is 0 Å². The number of carboxylic acids is 1. The Morgan fingerprint density at radius 3 is 2.46 bits per heavy atom. The Morgan fingerprint density at radius 2 is 2.08 bits per heavy atom. The number of carboxylic acid groups (broad SMARTS) is 1. The summed E-state index contributed by atoms with van der Waals surface area (Å²) in [6, 6.07) is 0. The molecule has 0 aromatic carbocycles. The van der Waals surface area contributed by atoms with E-state index in [-0.39, 0.29) is 11.0 Å². The van der Waals surface area contributed by atoms with Gasteiger partial charge < -0.3 is 5.11 Å². The molecule has 0 saturated carbocycles. The number of carbonyl (C=O) groups is 2. The Hall–Kier alpha value is -0.510. The molecule has 0 fully saturated rings. The summed E-state index contributed by atoms with van der Waals surface area (Å²) in [5.74, 6) is -0.749. The van der Waals surface area contributed by atoms with Gasteiger partial charge in [0.2, 0.25) is 0 Å². The average molecular weight is 204 g/mol. The molecule has 13 heavy (non-hydrogen) atoms. The van der Waals surface area contributed by atoms with Crippen LogP contribution in [-0.2, 0) is 9.59 Å². The lowest BCUT2D eigenvalue weighted by Crippen LogP contribution is -2.16. The van der Waals surface area contributed by atoms with Crippen LogP contribution in [-0.4, -0.2) is 21.9 Å². The maximum Gasteiger partial charge on any atom is 0.307 e. The molecule has 0 rings (SSSR count). The standard InChI is InChI=1S/C9H16O3S/c1-3-4-5-8(9(11)12)6-13-7(2)10/h8H,3-6H2,1-2H3,(H,11,12). The van der Waals surface area contributed by atoms with E-state index in [2.05, 4.69) is 0 Å². The quantitative estimate of drug-likeness (QED) is 0.720. The minimum Gasteiger partial charge on any atom is -0.481 e. The molecule has 76 valence electrons. The SMILES string of the molecule is CCCCC(CSC(C)=O)C(=O)O. The monoisotopic (exact) mass is 204 g/mol. The molecule has 0 aliphatic rings. The highest BCUT2D eigenvalue weighted by atomic mass is 32.2. The zero-order chi connectivity index (χ0) is 10.3. The fourth-order valence-corrected chi connectivity index (χ4v) is 1.69. The largest absolute Gasteiger partial charge is 0.481 e. The van der Waals surface area contributed by atoms with Crippen LogP contribution in [0.5, 0.6) is 0 Å². The van der Waals surface area contributed by atoms with Crippen molar-refractivity contribution in [1.29, 1.82) is 0 Å². The van der Waals surface area contributed by atoms with Crippen LogP contribution in [0.15, 0.2) is 0 Å². The van der Waals surface area contributed by atoms with Gasteiger partial charge in [0.05, 0.1) is 5.92 Å². The predicted molar refractivity (Wildman–Crippen MR) is 53.8 cm³/mol. The molecular formula is C9H16O3S. The van der Waals surface area contributed by atoms with Crippen molar-refractivity contribution in [2.75, 3.05) is 5.75 Å². The Labute approximate surface area is 82.9 Å². The lowest BCUT2D eigenvalue weighted by Gasteiger charge is -2.09. The molecule has 1 unspecified atom stereocenters. The van der Waals surface area contributed by atoms with E-state index in [9.17, 15) is 9.59 Å². The lowest BCUT2D eigenvalue weighted by molar-refractivity contribution is -0.141. The number of rotatable bonds is 6. The van der Waals surface area contributed by atoms with Gasteiger partial charge in [-0.2, -0.15) is 0 Å². The Kier molecular flexibility index (Phi) is 6.68. The summed E-state index contributed by atoms with van der Waals surface area (Å²) in [5, 5.41) is 8.78. The van der Waals surface area contributed by atoms with Gasteiger partial charge >= 0.3 is 5.97 Å². The van der Waals surface area contributed by atoms with Gasteiger partial charge in [0, 0.05) is 12.7 Å². The molecule has 0 aromatic rings. The van der Waals surface area contributed by atoms with Crippen molar-refractivity contribution in [2.24, 2.45) is 5.92 Å². The highest BCUT2D eigenvalue weighted by molar-refractivity contribution is 8.13. The van der Waals surface area contributed by atoms with Crippen molar-refractivity contribution in [1.82, 2.24) is 0 Å². The number of aliphatic carboxylic acids is 1. The average Bonchev–Trinajstić information content (AvgIpc) is 2.03. The molecule has 0 saturated heterocycles. The van der Waals surface area contributed by atoms with Gasteiger partial charge in [-0.25, -0.2) is 0 Å². The smallest absolute Gasteiger partial charge is 0.307 e. The van der Waals surface area contributed by atoms with Gasteiger partial charge in [-0.1, -0.05) is 31.5 Å². The number of hydrogen-bond acceptors (Lipinski definition) is 3. The van der Waals surface area contributed by atoms with E-state index in [1.807, 2.05) is 6.92 Å². The van der Waals surface area contributed by atoms with Crippen molar-refractivity contribution in [3.05, 3.63) is 0 Å². The van der Waals surface area contributed by atoms with E-state index < -0.39 is 5.97 Å². The topological polar surface area (TPSA) is 54.4 Å². The highest BCUT2D eigenvalue weighted by Crippen LogP contribution is 2.15. The fourth-order valence-electron chi connectivity index (χ4n) is 0.947. The number of unbranched alkanes of at least 4 members (excludes halogenated alkanes) is 1. The summed E-state index contributed by atoms with van der Waals surface area (Å²) < 4.78 is 0. The van der Waals surface area contributed by atoms with Gasteiger partial charge in [-0.05, 0) is 6.42 Å². The van der Waals surface area contributed by atoms with Crippen LogP contribution < -0.4 is 0 Å². The first-order chi connectivity index (χ1) is 6.07. The molecule has 3 nitrogen and oxygen atoms in total. The first kappa shape index (κ1) is 12.5. The second-order valence-corrected chi connectivity index (χ2v) is 4.18. The van der Waals surface area contributed by atoms with Crippen molar-refractivity contribution >= 4 is 22.8 Å². The zero-order valence-corrected chi connectivity index (χ0v) is 8.89.